The van der Waals surface area contributed by atoms with Crippen molar-refractivity contribution in [1.29, 1.82) is 0 Å². The Balaban J connectivity index is 1.67. The summed E-state index contributed by atoms with van der Waals surface area (Å²) >= 11 is 0. The summed E-state index contributed by atoms with van der Waals surface area (Å²) in [5.74, 6) is 0.394. The van der Waals surface area contributed by atoms with Crippen LogP contribution in [-0.2, 0) is 0 Å². The molecule has 2 fully saturated rings. The summed E-state index contributed by atoms with van der Waals surface area (Å²) in [4.78, 5) is 17.0. The molecule has 0 radical (unpaired) electrons. The molecular weight excluding hydrogens is 232 g/mol. The van der Waals surface area contributed by atoms with Gasteiger partial charge in [0.1, 0.15) is 0 Å². The van der Waals surface area contributed by atoms with E-state index in [0.717, 1.165) is 25.6 Å². The maximum atomic E-state index is 10.9. The zero-order valence-electron chi connectivity index (χ0n) is 10.1. The van der Waals surface area contributed by atoms with Crippen LogP contribution in [0.2, 0.25) is 0 Å². The topological polar surface area (TPSA) is 71.3 Å². The van der Waals surface area contributed by atoms with E-state index in [4.69, 9.17) is 0 Å². The van der Waals surface area contributed by atoms with Gasteiger partial charge in [0, 0.05) is 37.4 Å². The molecule has 0 aromatic carbocycles. The maximum Gasteiger partial charge on any atom is 0.311 e. The number of likely N-dealkylation sites (tertiary alicyclic amines) is 1. The Bertz CT molecular complexity index is 461. The third-order valence-electron chi connectivity index (χ3n) is 3.61. The van der Waals surface area contributed by atoms with E-state index >= 15 is 0 Å². The molecule has 3 rings (SSSR count). The van der Waals surface area contributed by atoms with Crippen LogP contribution in [0.15, 0.2) is 18.3 Å². The first-order valence-corrected chi connectivity index (χ1v) is 6.34. The molecule has 1 atom stereocenters. The summed E-state index contributed by atoms with van der Waals surface area (Å²) in [6.45, 7) is 2.06. The van der Waals surface area contributed by atoms with Gasteiger partial charge in [-0.05, 0) is 25.3 Å². The summed E-state index contributed by atoms with van der Waals surface area (Å²) in [6, 6.07) is 4.12. The highest BCUT2D eigenvalue weighted by Crippen LogP contribution is 2.31. The summed E-state index contributed by atoms with van der Waals surface area (Å²) in [7, 11) is 0. The Hall–Kier alpha value is -1.69. The molecular formula is C12H16N4O2. The van der Waals surface area contributed by atoms with E-state index in [9.17, 15) is 10.1 Å². The summed E-state index contributed by atoms with van der Waals surface area (Å²) in [5, 5.41) is 14.1. The van der Waals surface area contributed by atoms with Gasteiger partial charge >= 0.3 is 5.69 Å². The number of nitrogens with one attached hydrogen (secondary N) is 1. The lowest BCUT2D eigenvalue weighted by atomic mass is 10.2. The number of hydrogen-bond donors (Lipinski definition) is 1. The number of anilines is 1. The molecule has 1 aliphatic heterocycles. The minimum absolute atomic E-state index is 0.0578. The normalized spacial score (nSPS) is 24.1. The fraction of sp³-hybridized carbons (Fsp3) is 0.583. The zero-order valence-corrected chi connectivity index (χ0v) is 10.1. The van der Waals surface area contributed by atoms with Gasteiger partial charge in [0.2, 0.25) is 5.82 Å². The van der Waals surface area contributed by atoms with Crippen LogP contribution < -0.4 is 5.32 Å². The van der Waals surface area contributed by atoms with Crippen molar-refractivity contribution in [3.63, 3.8) is 0 Å². The predicted molar refractivity (Wildman–Crippen MR) is 67.5 cm³/mol. The van der Waals surface area contributed by atoms with Crippen molar-refractivity contribution < 1.29 is 4.92 Å². The van der Waals surface area contributed by atoms with E-state index < -0.39 is 0 Å². The molecule has 1 aromatic rings. The van der Waals surface area contributed by atoms with Crippen molar-refractivity contribution >= 4 is 11.5 Å². The Morgan fingerprint density at radius 1 is 1.44 bits per heavy atom. The Kier molecular flexibility index (Phi) is 2.87. The fourth-order valence-electron chi connectivity index (χ4n) is 2.53. The third-order valence-corrected chi connectivity index (χ3v) is 3.61. The minimum Gasteiger partial charge on any atom is -0.360 e. The average Bonchev–Trinajstić information content (AvgIpc) is 3.11. The first-order valence-electron chi connectivity index (χ1n) is 6.34. The van der Waals surface area contributed by atoms with Gasteiger partial charge in [0.05, 0.1) is 4.92 Å². The number of aromatic nitrogens is 1. The average molecular weight is 248 g/mol. The SMILES string of the molecule is O=[N+]([O-])c1cccnc1N[C@@H]1CCN(C2CC2)C1. The van der Waals surface area contributed by atoms with Gasteiger partial charge in [0.25, 0.3) is 0 Å². The lowest BCUT2D eigenvalue weighted by molar-refractivity contribution is -0.384. The van der Waals surface area contributed by atoms with Gasteiger partial charge in [0.15, 0.2) is 0 Å². The molecule has 0 spiro atoms. The Labute approximate surface area is 105 Å². The first kappa shape index (κ1) is 11.4. The molecule has 6 nitrogen and oxygen atoms in total. The van der Waals surface area contributed by atoms with Crippen molar-refractivity contribution in [2.75, 3.05) is 18.4 Å². The fourth-order valence-corrected chi connectivity index (χ4v) is 2.53. The molecule has 6 heteroatoms. The number of hydrogen-bond acceptors (Lipinski definition) is 5. The van der Waals surface area contributed by atoms with Crippen LogP contribution in [0, 0.1) is 10.1 Å². The Morgan fingerprint density at radius 2 is 2.28 bits per heavy atom. The molecule has 0 amide bonds. The smallest absolute Gasteiger partial charge is 0.311 e. The molecule has 1 saturated heterocycles. The first-order chi connectivity index (χ1) is 8.74. The lowest BCUT2D eigenvalue weighted by Gasteiger charge is -2.15. The van der Waals surface area contributed by atoms with Crippen LogP contribution in [0.3, 0.4) is 0 Å². The highest BCUT2D eigenvalue weighted by atomic mass is 16.6. The molecule has 1 aromatic heterocycles. The highest BCUT2D eigenvalue weighted by molar-refractivity contribution is 5.55. The number of nitro groups is 1. The summed E-state index contributed by atoms with van der Waals surface area (Å²) in [6.07, 6.45) is 5.22. The van der Waals surface area contributed by atoms with E-state index in [0.29, 0.717) is 5.82 Å². The van der Waals surface area contributed by atoms with Crippen molar-refractivity contribution in [2.45, 2.75) is 31.3 Å². The minimum atomic E-state index is -0.386. The van der Waals surface area contributed by atoms with Gasteiger partial charge < -0.3 is 5.32 Å². The van der Waals surface area contributed by atoms with E-state index in [1.54, 1.807) is 12.3 Å². The van der Waals surface area contributed by atoms with Crippen molar-refractivity contribution in [3.8, 4) is 0 Å². The van der Waals surface area contributed by atoms with Crippen LogP contribution >= 0.6 is 0 Å². The van der Waals surface area contributed by atoms with Gasteiger partial charge in [-0.25, -0.2) is 4.98 Å². The Morgan fingerprint density at radius 3 is 3.00 bits per heavy atom. The van der Waals surface area contributed by atoms with Crippen LogP contribution in [0.4, 0.5) is 11.5 Å². The standard InChI is InChI=1S/C12H16N4O2/c17-16(18)11-2-1-6-13-12(11)14-9-5-7-15(8-9)10-3-4-10/h1-2,6,9-10H,3-5,7-8H2,(H,13,14)/t9-/m1/s1. The van der Waals surface area contributed by atoms with Crippen molar-refractivity contribution in [1.82, 2.24) is 9.88 Å². The molecule has 1 saturated carbocycles. The quantitative estimate of drug-likeness (QED) is 0.648. The van der Waals surface area contributed by atoms with E-state index in [2.05, 4.69) is 15.2 Å². The molecule has 2 heterocycles. The van der Waals surface area contributed by atoms with Gasteiger partial charge in [-0.1, -0.05) is 0 Å². The monoisotopic (exact) mass is 248 g/mol. The summed E-state index contributed by atoms with van der Waals surface area (Å²) < 4.78 is 0. The lowest BCUT2D eigenvalue weighted by Crippen LogP contribution is -2.28. The molecule has 0 unspecified atom stereocenters. The van der Waals surface area contributed by atoms with Crippen LogP contribution in [0.5, 0.6) is 0 Å². The molecule has 2 aliphatic rings. The highest BCUT2D eigenvalue weighted by Gasteiger charge is 2.34. The summed E-state index contributed by atoms with van der Waals surface area (Å²) in [5.41, 5.74) is 0.0578. The van der Waals surface area contributed by atoms with Crippen LogP contribution in [0.1, 0.15) is 19.3 Å². The van der Waals surface area contributed by atoms with Crippen LogP contribution in [-0.4, -0.2) is 40.0 Å². The molecule has 96 valence electrons. The second-order valence-electron chi connectivity index (χ2n) is 4.98. The van der Waals surface area contributed by atoms with E-state index in [-0.39, 0.29) is 16.7 Å². The molecule has 1 aliphatic carbocycles. The number of rotatable bonds is 4. The number of pyridine rings is 1. The van der Waals surface area contributed by atoms with Gasteiger partial charge in [-0.3, -0.25) is 15.0 Å². The molecule has 0 bridgehead atoms. The van der Waals surface area contributed by atoms with Gasteiger partial charge in [-0.15, -0.1) is 0 Å². The van der Waals surface area contributed by atoms with Crippen molar-refractivity contribution in [2.24, 2.45) is 0 Å². The second kappa shape index (κ2) is 4.53. The van der Waals surface area contributed by atoms with Gasteiger partial charge in [-0.2, -0.15) is 0 Å². The number of nitrogens with zero attached hydrogens (tertiary/aromatic N) is 3. The molecule has 18 heavy (non-hydrogen) atoms. The van der Waals surface area contributed by atoms with Crippen LogP contribution in [0.25, 0.3) is 0 Å². The van der Waals surface area contributed by atoms with E-state index in [1.807, 2.05) is 0 Å². The zero-order chi connectivity index (χ0) is 12.5. The largest absolute Gasteiger partial charge is 0.360 e. The second-order valence-corrected chi connectivity index (χ2v) is 4.98. The molecule has 1 N–H and O–H groups in total. The third kappa shape index (κ3) is 2.28. The van der Waals surface area contributed by atoms with Crippen molar-refractivity contribution in [3.05, 3.63) is 28.4 Å². The maximum absolute atomic E-state index is 10.9. The predicted octanol–water partition coefficient (Wildman–Crippen LogP) is 1.64. The van der Waals surface area contributed by atoms with E-state index in [1.165, 1.54) is 18.9 Å².